The third kappa shape index (κ3) is 1.65. The van der Waals surface area contributed by atoms with Gasteiger partial charge in [0.05, 0.1) is 23.4 Å². The molecule has 1 saturated heterocycles. The van der Waals surface area contributed by atoms with Gasteiger partial charge in [-0.05, 0) is 19.1 Å². The van der Waals surface area contributed by atoms with Gasteiger partial charge in [-0.15, -0.1) is 0 Å². The SMILES string of the molecule is C[C@H]1COS(=O)N1c1ccccc1Cl. The molecule has 3 nitrogen and oxygen atoms in total. The van der Waals surface area contributed by atoms with Crippen molar-refractivity contribution in [3.63, 3.8) is 0 Å². The zero-order valence-corrected chi connectivity index (χ0v) is 9.22. The Morgan fingerprint density at radius 3 is 2.86 bits per heavy atom. The molecule has 0 spiro atoms. The number of rotatable bonds is 1. The molecule has 1 aromatic rings. The molecule has 0 N–H and O–H groups in total. The van der Waals surface area contributed by atoms with Crippen LogP contribution in [0.4, 0.5) is 5.69 Å². The first-order chi connectivity index (χ1) is 6.70. The van der Waals surface area contributed by atoms with Crippen molar-refractivity contribution in [3.8, 4) is 0 Å². The highest BCUT2D eigenvalue weighted by atomic mass is 35.5. The van der Waals surface area contributed by atoms with E-state index in [4.69, 9.17) is 15.8 Å². The fourth-order valence-corrected chi connectivity index (χ4v) is 2.75. The van der Waals surface area contributed by atoms with Gasteiger partial charge in [-0.1, -0.05) is 23.7 Å². The molecule has 1 fully saturated rings. The van der Waals surface area contributed by atoms with Crippen LogP contribution >= 0.6 is 11.6 Å². The maximum absolute atomic E-state index is 11.5. The summed E-state index contributed by atoms with van der Waals surface area (Å²) in [4.78, 5) is 0. The Hall–Kier alpha value is -0.580. The molecule has 1 unspecified atom stereocenters. The highest BCUT2D eigenvalue weighted by Crippen LogP contribution is 2.31. The summed E-state index contributed by atoms with van der Waals surface area (Å²) < 4.78 is 18.2. The zero-order valence-electron chi connectivity index (χ0n) is 7.64. The molecule has 2 rings (SSSR count). The van der Waals surface area contributed by atoms with Gasteiger partial charge in [0.1, 0.15) is 0 Å². The number of hydrogen-bond acceptors (Lipinski definition) is 2. The summed E-state index contributed by atoms with van der Waals surface area (Å²) in [6, 6.07) is 7.42. The van der Waals surface area contributed by atoms with E-state index in [1.54, 1.807) is 10.4 Å². The van der Waals surface area contributed by atoms with Gasteiger partial charge in [0.2, 0.25) is 0 Å². The van der Waals surface area contributed by atoms with E-state index in [2.05, 4.69) is 0 Å². The maximum Gasteiger partial charge on any atom is 0.264 e. The third-order valence-corrected chi connectivity index (χ3v) is 3.60. The zero-order chi connectivity index (χ0) is 10.1. The summed E-state index contributed by atoms with van der Waals surface area (Å²) in [5, 5.41) is 0.596. The lowest BCUT2D eigenvalue weighted by molar-refractivity contribution is 0.366. The van der Waals surface area contributed by atoms with Gasteiger partial charge in [-0.25, -0.2) is 4.21 Å². The van der Waals surface area contributed by atoms with E-state index in [1.807, 2.05) is 25.1 Å². The van der Waals surface area contributed by atoms with Crippen LogP contribution in [0, 0.1) is 0 Å². The highest BCUT2D eigenvalue weighted by molar-refractivity contribution is 7.82. The van der Waals surface area contributed by atoms with E-state index in [1.165, 1.54) is 0 Å². The first-order valence-corrected chi connectivity index (χ1v) is 5.70. The Balaban J connectivity index is 2.39. The molecule has 0 aliphatic carbocycles. The van der Waals surface area contributed by atoms with Gasteiger partial charge >= 0.3 is 0 Å². The minimum atomic E-state index is -1.40. The molecule has 1 aliphatic rings. The molecule has 1 aliphatic heterocycles. The minimum absolute atomic E-state index is 0.0933. The molecule has 0 radical (unpaired) electrons. The number of benzene rings is 1. The predicted molar refractivity (Wildman–Crippen MR) is 57.5 cm³/mol. The van der Waals surface area contributed by atoms with Crippen molar-refractivity contribution in [1.29, 1.82) is 0 Å². The quantitative estimate of drug-likeness (QED) is 0.741. The second kappa shape index (κ2) is 3.88. The fourth-order valence-electron chi connectivity index (χ4n) is 1.38. The van der Waals surface area contributed by atoms with Crippen LogP contribution < -0.4 is 4.31 Å². The fraction of sp³-hybridized carbons (Fsp3) is 0.333. The molecular weight excluding hydrogens is 222 g/mol. The van der Waals surface area contributed by atoms with Crippen LogP contribution in [0.3, 0.4) is 0 Å². The first-order valence-electron chi connectivity index (χ1n) is 4.29. The second-order valence-corrected chi connectivity index (χ2v) is 4.60. The predicted octanol–water partition coefficient (Wildman–Crippen LogP) is 2.14. The monoisotopic (exact) mass is 231 g/mol. The molecular formula is C9H10ClNO2S. The number of halogens is 1. The summed E-state index contributed by atoms with van der Waals surface area (Å²) in [6.45, 7) is 2.42. The normalized spacial score (nSPS) is 26.9. The molecule has 5 heteroatoms. The lowest BCUT2D eigenvalue weighted by Gasteiger charge is -2.19. The van der Waals surface area contributed by atoms with Crippen LogP contribution in [0.25, 0.3) is 0 Å². The van der Waals surface area contributed by atoms with Crippen molar-refractivity contribution < 1.29 is 8.39 Å². The van der Waals surface area contributed by atoms with Crippen molar-refractivity contribution in [2.75, 3.05) is 10.9 Å². The Bertz CT molecular complexity index is 372. The van der Waals surface area contributed by atoms with E-state index >= 15 is 0 Å². The molecule has 14 heavy (non-hydrogen) atoms. The van der Waals surface area contributed by atoms with Gasteiger partial charge < -0.3 is 0 Å². The van der Waals surface area contributed by atoms with Gasteiger partial charge in [0.25, 0.3) is 11.3 Å². The number of anilines is 1. The lowest BCUT2D eigenvalue weighted by atomic mass is 10.3. The van der Waals surface area contributed by atoms with E-state index in [0.717, 1.165) is 5.69 Å². The van der Waals surface area contributed by atoms with Crippen LogP contribution in [0.1, 0.15) is 6.92 Å². The standard InChI is InChI=1S/C9H10ClNO2S/c1-7-6-13-14(12)11(7)9-5-3-2-4-8(9)10/h2-5,7H,6H2,1H3/t7-,14?/m0/s1. The van der Waals surface area contributed by atoms with Crippen molar-refractivity contribution >= 4 is 28.6 Å². The molecule has 1 aromatic carbocycles. The van der Waals surface area contributed by atoms with Crippen molar-refractivity contribution in [2.24, 2.45) is 0 Å². The van der Waals surface area contributed by atoms with E-state index in [-0.39, 0.29) is 6.04 Å². The van der Waals surface area contributed by atoms with Gasteiger partial charge in [-0.3, -0.25) is 8.49 Å². The molecule has 2 atom stereocenters. The molecule has 0 amide bonds. The third-order valence-electron chi connectivity index (χ3n) is 2.06. The Kier molecular flexibility index (Phi) is 2.76. The van der Waals surface area contributed by atoms with Crippen LogP contribution in [0.15, 0.2) is 24.3 Å². The van der Waals surface area contributed by atoms with E-state index < -0.39 is 11.3 Å². The molecule has 0 aromatic heterocycles. The van der Waals surface area contributed by atoms with Gasteiger partial charge in [0.15, 0.2) is 0 Å². The topological polar surface area (TPSA) is 29.5 Å². The van der Waals surface area contributed by atoms with Crippen LogP contribution in [0.2, 0.25) is 5.02 Å². The molecule has 76 valence electrons. The smallest absolute Gasteiger partial charge is 0.264 e. The van der Waals surface area contributed by atoms with Crippen molar-refractivity contribution in [1.82, 2.24) is 0 Å². The summed E-state index contributed by atoms with van der Waals surface area (Å²) >= 11 is 4.60. The summed E-state index contributed by atoms with van der Waals surface area (Å²) in [5.74, 6) is 0. The lowest BCUT2D eigenvalue weighted by Crippen LogP contribution is -2.28. The average Bonchev–Trinajstić information content (AvgIpc) is 2.48. The first kappa shape index (κ1) is 9.96. The number of para-hydroxylation sites is 1. The highest BCUT2D eigenvalue weighted by Gasteiger charge is 2.30. The van der Waals surface area contributed by atoms with Crippen LogP contribution in [-0.2, 0) is 15.4 Å². The summed E-state index contributed by atoms with van der Waals surface area (Å²) in [5.41, 5.74) is 0.762. The molecule has 0 bridgehead atoms. The largest absolute Gasteiger partial charge is 0.272 e. The Labute approximate surface area is 90.4 Å². The minimum Gasteiger partial charge on any atom is -0.272 e. The molecule has 1 heterocycles. The Morgan fingerprint density at radius 2 is 2.29 bits per heavy atom. The van der Waals surface area contributed by atoms with Gasteiger partial charge in [0, 0.05) is 0 Å². The van der Waals surface area contributed by atoms with E-state index in [0.29, 0.717) is 11.6 Å². The van der Waals surface area contributed by atoms with Crippen LogP contribution in [-0.4, -0.2) is 16.9 Å². The van der Waals surface area contributed by atoms with Crippen molar-refractivity contribution in [2.45, 2.75) is 13.0 Å². The summed E-state index contributed by atoms with van der Waals surface area (Å²) in [7, 11) is 0. The number of hydrogen-bond donors (Lipinski definition) is 0. The second-order valence-electron chi connectivity index (χ2n) is 3.13. The van der Waals surface area contributed by atoms with Crippen molar-refractivity contribution in [3.05, 3.63) is 29.3 Å². The Morgan fingerprint density at radius 1 is 1.57 bits per heavy atom. The van der Waals surface area contributed by atoms with E-state index in [9.17, 15) is 4.21 Å². The maximum atomic E-state index is 11.5. The molecule has 0 saturated carbocycles. The average molecular weight is 232 g/mol. The van der Waals surface area contributed by atoms with Crippen LogP contribution in [0.5, 0.6) is 0 Å². The summed E-state index contributed by atoms with van der Waals surface area (Å²) in [6.07, 6.45) is 0. The van der Waals surface area contributed by atoms with Gasteiger partial charge in [-0.2, -0.15) is 0 Å². The number of nitrogens with zero attached hydrogens (tertiary/aromatic N) is 1.